The van der Waals surface area contributed by atoms with Crippen molar-refractivity contribution < 1.29 is 23.0 Å². The van der Waals surface area contributed by atoms with E-state index in [0.717, 1.165) is 25.0 Å². The summed E-state index contributed by atoms with van der Waals surface area (Å²) in [5.74, 6) is -0.780. The molecule has 1 heterocycles. The van der Waals surface area contributed by atoms with Crippen molar-refractivity contribution in [2.45, 2.75) is 37.8 Å². The van der Waals surface area contributed by atoms with E-state index in [9.17, 15) is 13.6 Å². The monoisotopic (exact) mass is 340 g/mol. The van der Waals surface area contributed by atoms with Gasteiger partial charge in [-0.15, -0.1) is 0 Å². The SMILES string of the molecule is O=C(NCCOc1ccc(F)cc1F)NC1CCOC(C2CC2)C1. The Morgan fingerprint density at radius 2 is 2.12 bits per heavy atom. The number of halogens is 2. The highest BCUT2D eigenvalue weighted by Gasteiger charge is 2.36. The average Bonchev–Trinajstić information content (AvgIpc) is 3.38. The van der Waals surface area contributed by atoms with Gasteiger partial charge in [0, 0.05) is 18.7 Å². The Morgan fingerprint density at radius 1 is 1.29 bits per heavy atom. The number of nitrogens with one attached hydrogen (secondary N) is 2. The number of carbonyl (C=O) groups is 1. The summed E-state index contributed by atoms with van der Waals surface area (Å²) >= 11 is 0. The Kier molecular flexibility index (Phi) is 5.50. The molecule has 2 atom stereocenters. The lowest BCUT2D eigenvalue weighted by atomic mass is 10.0. The molecule has 2 aliphatic rings. The topological polar surface area (TPSA) is 59.6 Å². The first kappa shape index (κ1) is 17.0. The van der Waals surface area contributed by atoms with E-state index in [1.807, 2.05) is 0 Å². The molecule has 1 saturated carbocycles. The maximum Gasteiger partial charge on any atom is 0.315 e. The van der Waals surface area contributed by atoms with E-state index >= 15 is 0 Å². The van der Waals surface area contributed by atoms with Crippen LogP contribution in [0.1, 0.15) is 25.7 Å². The van der Waals surface area contributed by atoms with Crippen LogP contribution in [-0.2, 0) is 4.74 Å². The summed E-state index contributed by atoms with van der Waals surface area (Å²) in [5.41, 5.74) is 0. The zero-order valence-corrected chi connectivity index (χ0v) is 13.4. The standard InChI is InChI=1S/C17H22F2N2O3/c18-12-3-4-15(14(19)9-12)24-8-6-20-17(22)21-13-5-7-23-16(10-13)11-1-2-11/h3-4,9,11,13,16H,1-2,5-8,10H2,(H2,20,21,22). The maximum absolute atomic E-state index is 13.4. The Labute approximate surface area is 139 Å². The van der Waals surface area contributed by atoms with Crippen LogP contribution in [0.5, 0.6) is 5.75 Å². The third-order valence-electron chi connectivity index (χ3n) is 4.34. The minimum absolute atomic E-state index is 0.0321. The van der Waals surface area contributed by atoms with Crippen LogP contribution in [0.2, 0.25) is 0 Å². The van der Waals surface area contributed by atoms with Crippen molar-refractivity contribution >= 4 is 6.03 Å². The molecule has 0 radical (unpaired) electrons. The highest BCUT2D eigenvalue weighted by molar-refractivity contribution is 5.74. The van der Waals surface area contributed by atoms with Crippen LogP contribution in [0.25, 0.3) is 0 Å². The quantitative estimate of drug-likeness (QED) is 0.783. The van der Waals surface area contributed by atoms with Crippen molar-refractivity contribution in [3.8, 4) is 5.75 Å². The van der Waals surface area contributed by atoms with Crippen LogP contribution < -0.4 is 15.4 Å². The molecule has 5 nitrogen and oxygen atoms in total. The summed E-state index contributed by atoms with van der Waals surface area (Å²) in [6, 6.07) is 2.97. The third-order valence-corrected chi connectivity index (χ3v) is 4.34. The summed E-state index contributed by atoms with van der Waals surface area (Å²) < 4.78 is 37.1. The zero-order chi connectivity index (χ0) is 16.9. The Balaban J connectivity index is 1.33. The molecular weight excluding hydrogens is 318 g/mol. The van der Waals surface area contributed by atoms with Gasteiger partial charge in [0.25, 0.3) is 0 Å². The Hall–Kier alpha value is -1.89. The second-order valence-electron chi connectivity index (χ2n) is 6.29. The number of hydrogen-bond acceptors (Lipinski definition) is 3. The lowest BCUT2D eigenvalue weighted by molar-refractivity contribution is -0.00914. The van der Waals surface area contributed by atoms with E-state index in [4.69, 9.17) is 9.47 Å². The number of urea groups is 1. The molecule has 2 amide bonds. The van der Waals surface area contributed by atoms with E-state index in [-0.39, 0.29) is 37.1 Å². The highest BCUT2D eigenvalue weighted by Crippen LogP contribution is 2.38. The van der Waals surface area contributed by atoms with E-state index < -0.39 is 11.6 Å². The molecule has 24 heavy (non-hydrogen) atoms. The van der Waals surface area contributed by atoms with Crippen molar-refractivity contribution in [1.29, 1.82) is 0 Å². The molecule has 0 spiro atoms. The van der Waals surface area contributed by atoms with Gasteiger partial charge >= 0.3 is 6.03 Å². The molecule has 0 aromatic heterocycles. The van der Waals surface area contributed by atoms with Crippen LogP contribution in [0.3, 0.4) is 0 Å². The molecule has 2 N–H and O–H groups in total. The van der Waals surface area contributed by atoms with Gasteiger partial charge in [0.1, 0.15) is 12.4 Å². The molecule has 7 heteroatoms. The lowest BCUT2D eigenvalue weighted by Gasteiger charge is -2.30. The molecule has 1 aromatic rings. The van der Waals surface area contributed by atoms with Crippen molar-refractivity contribution in [2.75, 3.05) is 19.8 Å². The van der Waals surface area contributed by atoms with Gasteiger partial charge in [-0.1, -0.05) is 0 Å². The van der Waals surface area contributed by atoms with Crippen LogP contribution in [0.4, 0.5) is 13.6 Å². The number of ether oxygens (including phenoxy) is 2. The van der Waals surface area contributed by atoms with Gasteiger partial charge < -0.3 is 20.1 Å². The van der Waals surface area contributed by atoms with Gasteiger partial charge in [0.05, 0.1) is 12.6 Å². The molecule has 3 rings (SSSR count). The smallest absolute Gasteiger partial charge is 0.315 e. The van der Waals surface area contributed by atoms with Crippen LogP contribution in [-0.4, -0.2) is 37.9 Å². The first-order valence-corrected chi connectivity index (χ1v) is 8.35. The summed E-state index contributed by atoms with van der Waals surface area (Å²) in [7, 11) is 0. The van der Waals surface area contributed by atoms with Crippen molar-refractivity contribution in [3.05, 3.63) is 29.8 Å². The molecular formula is C17H22F2N2O3. The molecule has 1 aromatic carbocycles. The highest BCUT2D eigenvalue weighted by atomic mass is 19.1. The van der Waals surface area contributed by atoms with Gasteiger partial charge in [0.2, 0.25) is 0 Å². The summed E-state index contributed by atoms with van der Waals surface area (Å²) in [5, 5.41) is 5.62. The molecule has 0 bridgehead atoms. The molecule has 132 valence electrons. The largest absolute Gasteiger partial charge is 0.489 e. The summed E-state index contributed by atoms with van der Waals surface area (Å²) in [6.45, 7) is 1.02. The first-order valence-electron chi connectivity index (χ1n) is 8.35. The van der Waals surface area contributed by atoms with Gasteiger partial charge in [-0.05, 0) is 43.7 Å². The summed E-state index contributed by atoms with van der Waals surface area (Å²) in [6.07, 6.45) is 4.39. The van der Waals surface area contributed by atoms with Gasteiger partial charge in [-0.25, -0.2) is 13.6 Å². The summed E-state index contributed by atoms with van der Waals surface area (Å²) in [4.78, 5) is 11.9. The van der Waals surface area contributed by atoms with Gasteiger partial charge in [0.15, 0.2) is 11.6 Å². The molecule has 2 unspecified atom stereocenters. The zero-order valence-electron chi connectivity index (χ0n) is 13.4. The fraction of sp³-hybridized carbons (Fsp3) is 0.588. The predicted octanol–water partition coefficient (Wildman–Crippen LogP) is 2.60. The fourth-order valence-corrected chi connectivity index (χ4v) is 2.91. The van der Waals surface area contributed by atoms with E-state index in [2.05, 4.69) is 10.6 Å². The Bertz CT molecular complexity index is 581. The van der Waals surface area contributed by atoms with Crippen molar-refractivity contribution in [2.24, 2.45) is 5.92 Å². The minimum atomic E-state index is -0.757. The molecule has 1 aliphatic carbocycles. The third kappa shape index (κ3) is 4.80. The average molecular weight is 340 g/mol. The molecule has 1 aliphatic heterocycles. The maximum atomic E-state index is 13.4. The van der Waals surface area contributed by atoms with E-state index in [1.165, 1.54) is 18.9 Å². The van der Waals surface area contributed by atoms with Crippen LogP contribution in [0.15, 0.2) is 18.2 Å². The second-order valence-corrected chi connectivity index (χ2v) is 6.29. The van der Waals surface area contributed by atoms with Crippen LogP contribution in [0, 0.1) is 17.6 Å². The number of hydrogen-bond donors (Lipinski definition) is 2. The van der Waals surface area contributed by atoms with Gasteiger partial charge in [-0.3, -0.25) is 0 Å². The molecule has 1 saturated heterocycles. The number of carbonyl (C=O) groups excluding carboxylic acids is 1. The Morgan fingerprint density at radius 3 is 2.88 bits per heavy atom. The first-order chi connectivity index (χ1) is 11.6. The normalized spacial score (nSPS) is 23.6. The van der Waals surface area contributed by atoms with Crippen LogP contribution >= 0.6 is 0 Å². The van der Waals surface area contributed by atoms with Crippen molar-refractivity contribution in [3.63, 3.8) is 0 Å². The van der Waals surface area contributed by atoms with Gasteiger partial charge in [-0.2, -0.15) is 0 Å². The number of rotatable bonds is 6. The van der Waals surface area contributed by atoms with Crippen molar-refractivity contribution in [1.82, 2.24) is 10.6 Å². The predicted molar refractivity (Wildman–Crippen MR) is 83.9 cm³/mol. The lowest BCUT2D eigenvalue weighted by Crippen LogP contribution is -2.47. The van der Waals surface area contributed by atoms with E-state index in [0.29, 0.717) is 12.5 Å². The number of benzene rings is 1. The van der Waals surface area contributed by atoms with E-state index in [1.54, 1.807) is 0 Å². The fourth-order valence-electron chi connectivity index (χ4n) is 2.91. The minimum Gasteiger partial charge on any atom is -0.489 e. The number of amides is 2. The molecule has 2 fully saturated rings. The second kappa shape index (κ2) is 7.79.